The number of phenolic OH excluding ortho intramolecular Hbond substituents is 1. The average molecular weight is 381 g/mol. The lowest BCUT2D eigenvalue weighted by molar-refractivity contribution is 0.247. The molecule has 2 aromatic rings. The molecule has 2 aromatic carbocycles. The van der Waals surface area contributed by atoms with Gasteiger partial charge in [-0.05, 0) is 84.7 Å². The Balaban J connectivity index is 2.36. The van der Waals surface area contributed by atoms with Gasteiger partial charge >= 0.3 is 0 Å². The SMILES string of the molecule is CCC(CC)(c1ccc(O)c(C)c1)c1ccc(CCC(C)C(C)(C)C)c(C)c1. The van der Waals surface area contributed by atoms with E-state index in [0.29, 0.717) is 17.1 Å². The van der Waals surface area contributed by atoms with Gasteiger partial charge in [-0.15, -0.1) is 0 Å². The average Bonchev–Trinajstić information content (AvgIpc) is 2.64. The summed E-state index contributed by atoms with van der Waals surface area (Å²) >= 11 is 0. The fourth-order valence-corrected chi connectivity index (χ4v) is 4.27. The molecule has 0 saturated heterocycles. The lowest BCUT2D eigenvalue weighted by Gasteiger charge is -2.34. The van der Waals surface area contributed by atoms with Gasteiger partial charge in [0.15, 0.2) is 0 Å². The van der Waals surface area contributed by atoms with Crippen LogP contribution < -0.4 is 0 Å². The second kappa shape index (κ2) is 8.72. The van der Waals surface area contributed by atoms with E-state index in [1.807, 2.05) is 13.0 Å². The lowest BCUT2D eigenvalue weighted by atomic mass is 9.69. The van der Waals surface area contributed by atoms with E-state index in [1.165, 1.54) is 28.7 Å². The molecule has 0 bridgehead atoms. The van der Waals surface area contributed by atoms with Crippen molar-refractivity contribution >= 4 is 0 Å². The standard InChI is InChI=1S/C27H40O/c1-9-27(10-2,24-15-16-25(28)20(4)18-24)23-14-13-22(19(3)17-23)12-11-21(5)26(6,7)8/h13-18,21,28H,9-12H2,1-8H3. The van der Waals surface area contributed by atoms with Gasteiger partial charge in [0.25, 0.3) is 0 Å². The minimum absolute atomic E-state index is 0.000448. The van der Waals surface area contributed by atoms with Crippen LogP contribution in [-0.4, -0.2) is 5.11 Å². The van der Waals surface area contributed by atoms with E-state index in [0.717, 1.165) is 24.8 Å². The molecule has 1 atom stereocenters. The molecular weight excluding hydrogens is 340 g/mol. The first kappa shape index (κ1) is 22.5. The van der Waals surface area contributed by atoms with Gasteiger partial charge in [-0.2, -0.15) is 0 Å². The second-order valence-corrected chi connectivity index (χ2v) is 9.74. The van der Waals surface area contributed by atoms with Crippen LogP contribution in [0.5, 0.6) is 5.75 Å². The molecule has 0 saturated carbocycles. The third kappa shape index (κ3) is 4.62. The third-order valence-corrected chi connectivity index (χ3v) is 7.18. The maximum Gasteiger partial charge on any atom is 0.118 e. The van der Waals surface area contributed by atoms with Crippen molar-refractivity contribution in [2.75, 3.05) is 0 Å². The van der Waals surface area contributed by atoms with E-state index in [2.05, 4.69) is 78.8 Å². The summed E-state index contributed by atoms with van der Waals surface area (Å²) in [4.78, 5) is 0. The molecule has 0 aliphatic carbocycles. The lowest BCUT2D eigenvalue weighted by Crippen LogP contribution is -2.26. The van der Waals surface area contributed by atoms with Crippen molar-refractivity contribution in [2.24, 2.45) is 11.3 Å². The highest BCUT2D eigenvalue weighted by Crippen LogP contribution is 2.41. The van der Waals surface area contributed by atoms with Crippen molar-refractivity contribution in [2.45, 2.75) is 86.5 Å². The van der Waals surface area contributed by atoms with E-state index in [4.69, 9.17) is 0 Å². The molecule has 1 unspecified atom stereocenters. The Morgan fingerprint density at radius 2 is 1.39 bits per heavy atom. The fraction of sp³-hybridized carbons (Fsp3) is 0.556. The van der Waals surface area contributed by atoms with Crippen molar-refractivity contribution in [3.63, 3.8) is 0 Å². The van der Waals surface area contributed by atoms with Crippen LogP contribution in [0.2, 0.25) is 0 Å². The number of hydrogen-bond acceptors (Lipinski definition) is 1. The molecule has 0 aromatic heterocycles. The second-order valence-electron chi connectivity index (χ2n) is 9.74. The molecule has 0 aliphatic heterocycles. The van der Waals surface area contributed by atoms with Crippen LogP contribution in [0, 0.1) is 25.2 Å². The molecule has 0 aliphatic rings. The smallest absolute Gasteiger partial charge is 0.118 e. The molecule has 0 amide bonds. The Morgan fingerprint density at radius 1 is 0.857 bits per heavy atom. The normalized spacial score (nSPS) is 13.6. The number of aryl methyl sites for hydroxylation is 3. The zero-order chi connectivity index (χ0) is 21.1. The molecule has 1 heteroatoms. The van der Waals surface area contributed by atoms with Crippen LogP contribution >= 0.6 is 0 Å². The van der Waals surface area contributed by atoms with Gasteiger partial charge in [0, 0.05) is 5.41 Å². The van der Waals surface area contributed by atoms with Gasteiger partial charge < -0.3 is 5.11 Å². The first-order chi connectivity index (χ1) is 13.0. The van der Waals surface area contributed by atoms with E-state index in [9.17, 15) is 5.11 Å². The van der Waals surface area contributed by atoms with Crippen molar-refractivity contribution in [3.8, 4) is 5.75 Å². The molecule has 0 radical (unpaired) electrons. The molecule has 1 N–H and O–H groups in total. The quantitative estimate of drug-likeness (QED) is 0.521. The molecule has 0 fully saturated rings. The summed E-state index contributed by atoms with van der Waals surface area (Å²) in [6.45, 7) is 18.2. The number of phenols is 1. The summed E-state index contributed by atoms with van der Waals surface area (Å²) in [6.07, 6.45) is 4.47. The minimum atomic E-state index is 0.000448. The summed E-state index contributed by atoms with van der Waals surface area (Å²) in [6, 6.07) is 13.2. The summed E-state index contributed by atoms with van der Waals surface area (Å²) in [5.41, 5.74) is 6.90. The van der Waals surface area contributed by atoms with Crippen molar-refractivity contribution in [3.05, 3.63) is 64.2 Å². The maximum atomic E-state index is 9.97. The zero-order valence-electron chi connectivity index (χ0n) is 19.3. The van der Waals surface area contributed by atoms with Crippen LogP contribution in [-0.2, 0) is 11.8 Å². The zero-order valence-corrected chi connectivity index (χ0v) is 19.3. The first-order valence-corrected chi connectivity index (χ1v) is 10.9. The Morgan fingerprint density at radius 3 is 1.86 bits per heavy atom. The van der Waals surface area contributed by atoms with Crippen LogP contribution in [0.3, 0.4) is 0 Å². The Labute approximate surface area is 173 Å². The minimum Gasteiger partial charge on any atom is -0.508 e. The van der Waals surface area contributed by atoms with Gasteiger partial charge in [0.2, 0.25) is 0 Å². The van der Waals surface area contributed by atoms with Crippen molar-refractivity contribution in [1.82, 2.24) is 0 Å². The number of hydrogen-bond donors (Lipinski definition) is 1. The predicted octanol–water partition coefficient (Wildman–Crippen LogP) is 7.73. The summed E-state index contributed by atoms with van der Waals surface area (Å²) in [5.74, 6) is 1.08. The number of benzene rings is 2. The van der Waals surface area contributed by atoms with Gasteiger partial charge in [0.05, 0.1) is 0 Å². The fourth-order valence-electron chi connectivity index (χ4n) is 4.27. The Kier molecular flexibility index (Phi) is 7.02. The molecular formula is C27H40O. The van der Waals surface area contributed by atoms with Crippen molar-refractivity contribution < 1.29 is 5.11 Å². The van der Waals surface area contributed by atoms with Crippen LogP contribution in [0.4, 0.5) is 0 Å². The molecule has 0 heterocycles. The summed E-state index contributed by atoms with van der Waals surface area (Å²) < 4.78 is 0. The predicted molar refractivity (Wildman–Crippen MR) is 122 cm³/mol. The highest BCUT2D eigenvalue weighted by Gasteiger charge is 2.31. The van der Waals surface area contributed by atoms with Crippen LogP contribution in [0.25, 0.3) is 0 Å². The topological polar surface area (TPSA) is 20.2 Å². The van der Waals surface area contributed by atoms with Crippen LogP contribution in [0.1, 0.15) is 88.6 Å². The largest absolute Gasteiger partial charge is 0.508 e. The van der Waals surface area contributed by atoms with E-state index in [1.54, 1.807) is 0 Å². The van der Waals surface area contributed by atoms with E-state index in [-0.39, 0.29) is 5.41 Å². The van der Waals surface area contributed by atoms with E-state index < -0.39 is 0 Å². The summed E-state index contributed by atoms with van der Waals surface area (Å²) in [5, 5.41) is 9.97. The highest BCUT2D eigenvalue weighted by molar-refractivity contribution is 5.46. The van der Waals surface area contributed by atoms with Crippen LogP contribution in [0.15, 0.2) is 36.4 Å². The molecule has 0 spiro atoms. The highest BCUT2D eigenvalue weighted by atomic mass is 16.3. The van der Waals surface area contributed by atoms with Gasteiger partial charge in [-0.3, -0.25) is 0 Å². The Bertz CT molecular complexity index is 790. The van der Waals surface area contributed by atoms with E-state index >= 15 is 0 Å². The van der Waals surface area contributed by atoms with Gasteiger partial charge in [-0.25, -0.2) is 0 Å². The number of aromatic hydroxyl groups is 1. The molecule has 154 valence electrons. The maximum absolute atomic E-state index is 9.97. The van der Waals surface area contributed by atoms with Crippen molar-refractivity contribution in [1.29, 1.82) is 0 Å². The Hall–Kier alpha value is -1.76. The van der Waals surface area contributed by atoms with Gasteiger partial charge in [-0.1, -0.05) is 71.9 Å². The first-order valence-electron chi connectivity index (χ1n) is 10.9. The van der Waals surface area contributed by atoms with Gasteiger partial charge in [0.1, 0.15) is 5.75 Å². The number of rotatable bonds is 7. The monoisotopic (exact) mass is 380 g/mol. The molecule has 1 nitrogen and oxygen atoms in total. The third-order valence-electron chi connectivity index (χ3n) is 7.18. The molecule has 28 heavy (non-hydrogen) atoms. The summed E-state index contributed by atoms with van der Waals surface area (Å²) in [7, 11) is 0. The molecule has 2 rings (SSSR count).